The zero-order valence-corrected chi connectivity index (χ0v) is 13.9. The Balaban J connectivity index is 1.79. The van der Waals surface area contributed by atoms with Crippen molar-refractivity contribution in [3.05, 3.63) is 11.6 Å². The van der Waals surface area contributed by atoms with Crippen molar-refractivity contribution in [2.45, 2.75) is 45.1 Å². The molecule has 23 heavy (non-hydrogen) atoms. The number of fused-ring (bicyclic) bond motifs is 1. The molecule has 4 heterocycles. The molecule has 0 aromatic carbocycles. The summed E-state index contributed by atoms with van der Waals surface area (Å²) in [6.45, 7) is 4.42. The minimum Gasteiger partial charge on any atom is -0.358 e. The molecule has 0 bridgehead atoms. The highest BCUT2D eigenvalue weighted by atomic mass is 35.5. The Morgan fingerprint density at radius 3 is 2.78 bits per heavy atom. The molecule has 124 valence electrons. The lowest BCUT2D eigenvalue weighted by molar-refractivity contribution is 0.0593. The van der Waals surface area contributed by atoms with Crippen LogP contribution in [0.25, 0.3) is 11.2 Å². The first kappa shape index (κ1) is 15.1. The third-order valence-electron chi connectivity index (χ3n) is 4.46. The maximum absolute atomic E-state index is 6.20. The second-order valence-corrected chi connectivity index (χ2v) is 6.20. The van der Waals surface area contributed by atoms with Gasteiger partial charge < -0.3 is 14.4 Å². The van der Waals surface area contributed by atoms with Crippen LogP contribution in [0, 0.1) is 0 Å². The van der Waals surface area contributed by atoms with Gasteiger partial charge in [0.15, 0.2) is 17.0 Å². The van der Waals surface area contributed by atoms with Crippen molar-refractivity contribution in [3.63, 3.8) is 0 Å². The van der Waals surface area contributed by atoms with Crippen LogP contribution in [0.2, 0.25) is 5.28 Å². The topological polar surface area (TPSA) is 65.3 Å². The molecule has 0 radical (unpaired) electrons. The van der Waals surface area contributed by atoms with E-state index in [2.05, 4.69) is 26.8 Å². The first-order valence-corrected chi connectivity index (χ1v) is 8.55. The van der Waals surface area contributed by atoms with Gasteiger partial charge in [0.1, 0.15) is 12.5 Å². The minimum atomic E-state index is -0.0170. The van der Waals surface area contributed by atoms with E-state index < -0.39 is 0 Å². The molecule has 8 heteroatoms. The van der Waals surface area contributed by atoms with E-state index in [-0.39, 0.29) is 17.7 Å². The lowest BCUT2D eigenvalue weighted by atomic mass is 10.3. The van der Waals surface area contributed by atoms with E-state index in [9.17, 15) is 0 Å². The van der Waals surface area contributed by atoms with Gasteiger partial charge in [0, 0.05) is 19.8 Å². The average molecular weight is 338 g/mol. The van der Waals surface area contributed by atoms with Crippen LogP contribution >= 0.6 is 11.6 Å². The van der Waals surface area contributed by atoms with Crippen molar-refractivity contribution >= 4 is 28.6 Å². The fraction of sp³-hybridized carbons (Fsp3) is 0.667. The summed E-state index contributed by atoms with van der Waals surface area (Å²) in [5.74, 6) is 0.742. The fourth-order valence-corrected chi connectivity index (χ4v) is 3.52. The Labute approximate surface area is 139 Å². The van der Waals surface area contributed by atoms with Crippen molar-refractivity contribution in [2.24, 2.45) is 0 Å². The first-order valence-electron chi connectivity index (χ1n) is 8.18. The number of anilines is 1. The highest BCUT2D eigenvalue weighted by Crippen LogP contribution is 2.32. The average Bonchev–Trinajstić information content (AvgIpc) is 3.28. The van der Waals surface area contributed by atoms with Crippen molar-refractivity contribution < 1.29 is 9.47 Å². The second-order valence-electron chi connectivity index (χ2n) is 5.86. The predicted octanol–water partition coefficient (Wildman–Crippen LogP) is 2.75. The van der Waals surface area contributed by atoms with Crippen LogP contribution in [0.1, 0.15) is 38.8 Å². The molecule has 2 aliphatic rings. The number of ether oxygens (including phenoxy) is 2. The number of aromatic nitrogens is 4. The number of hydrogen-bond donors (Lipinski definition) is 0. The van der Waals surface area contributed by atoms with Gasteiger partial charge >= 0.3 is 0 Å². The van der Waals surface area contributed by atoms with E-state index in [0.717, 1.165) is 62.4 Å². The Morgan fingerprint density at radius 1 is 1.26 bits per heavy atom. The third kappa shape index (κ3) is 2.66. The van der Waals surface area contributed by atoms with Crippen molar-refractivity contribution in [3.8, 4) is 0 Å². The molecule has 0 aliphatic carbocycles. The molecule has 2 saturated heterocycles. The molecule has 2 unspecified atom stereocenters. The Kier molecular flexibility index (Phi) is 4.09. The molecule has 2 aromatic rings. The lowest BCUT2D eigenvalue weighted by Crippen LogP contribution is -2.35. The van der Waals surface area contributed by atoms with Crippen LogP contribution in [0.4, 0.5) is 5.82 Å². The van der Waals surface area contributed by atoms with E-state index in [0.29, 0.717) is 0 Å². The molecule has 2 atom stereocenters. The molecule has 7 nitrogen and oxygen atoms in total. The molecule has 4 rings (SSSR count). The summed E-state index contributed by atoms with van der Waals surface area (Å²) in [5, 5.41) is 0.226. The second kappa shape index (κ2) is 6.22. The Bertz CT molecular complexity index is 694. The van der Waals surface area contributed by atoms with E-state index >= 15 is 0 Å². The van der Waals surface area contributed by atoms with Crippen molar-refractivity contribution in [1.29, 1.82) is 0 Å². The standard InChI is InChI=1S/C15H20ClN5O2/c1-2-20(10-5-3-7-22-10)13-12-14(19-15(16)18-13)21(9-17-12)11-6-4-8-23-11/h9-11H,2-8H2,1H3. The van der Waals surface area contributed by atoms with Crippen molar-refractivity contribution in [2.75, 3.05) is 24.7 Å². The van der Waals surface area contributed by atoms with Gasteiger partial charge in [-0.1, -0.05) is 0 Å². The summed E-state index contributed by atoms with van der Waals surface area (Å²) >= 11 is 6.20. The first-order chi connectivity index (χ1) is 11.3. The summed E-state index contributed by atoms with van der Waals surface area (Å²) in [6, 6.07) is 0. The molecule has 0 amide bonds. The number of halogens is 1. The Hall–Kier alpha value is -1.44. The number of hydrogen-bond acceptors (Lipinski definition) is 6. The molecule has 0 saturated carbocycles. The van der Waals surface area contributed by atoms with Crippen molar-refractivity contribution in [1.82, 2.24) is 19.5 Å². The highest BCUT2D eigenvalue weighted by Gasteiger charge is 2.28. The fourth-order valence-electron chi connectivity index (χ4n) is 3.36. The SMILES string of the molecule is CCN(c1nc(Cl)nc2c1ncn2C1CCCO1)C1CCCO1. The van der Waals surface area contributed by atoms with Gasteiger partial charge in [-0.25, -0.2) is 4.98 Å². The summed E-state index contributed by atoms with van der Waals surface area (Å²) in [6.07, 6.45) is 5.85. The molecule has 2 aliphatic heterocycles. The molecule has 2 aromatic heterocycles. The molecular weight excluding hydrogens is 318 g/mol. The largest absolute Gasteiger partial charge is 0.358 e. The van der Waals surface area contributed by atoms with Crippen LogP contribution in [0.3, 0.4) is 0 Å². The quantitative estimate of drug-likeness (QED) is 0.799. The summed E-state index contributed by atoms with van der Waals surface area (Å²) in [7, 11) is 0. The Morgan fingerprint density at radius 2 is 2.09 bits per heavy atom. The summed E-state index contributed by atoms with van der Waals surface area (Å²) in [4.78, 5) is 15.5. The minimum absolute atomic E-state index is 0.0170. The number of nitrogens with zero attached hydrogens (tertiary/aromatic N) is 5. The van der Waals surface area contributed by atoms with Gasteiger partial charge in [-0.15, -0.1) is 0 Å². The summed E-state index contributed by atoms with van der Waals surface area (Å²) in [5.41, 5.74) is 1.48. The lowest BCUT2D eigenvalue weighted by Gasteiger charge is -2.28. The van der Waals surface area contributed by atoms with Crippen LogP contribution in [-0.2, 0) is 9.47 Å². The smallest absolute Gasteiger partial charge is 0.226 e. The molecule has 0 N–H and O–H groups in total. The van der Waals surface area contributed by atoms with E-state index in [1.165, 1.54) is 0 Å². The van der Waals surface area contributed by atoms with Crippen LogP contribution in [0.15, 0.2) is 6.33 Å². The van der Waals surface area contributed by atoms with Gasteiger partial charge in [0.2, 0.25) is 5.28 Å². The molecule has 2 fully saturated rings. The summed E-state index contributed by atoms with van der Waals surface area (Å²) < 4.78 is 13.5. The maximum atomic E-state index is 6.20. The van der Waals surface area contributed by atoms with Gasteiger partial charge in [0.05, 0.1) is 6.33 Å². The van der Waals surface area contributed by atoms with Gasteiger partial charge in [-0.05, 0) is 44.2 Å². The van der Waals surface area contributed by atoms with Crippen LogP contribution in [-0.4, -0.2) is 45.5 Å². The van der Waals surface area contributed by atoms with E-state index in [4.69, 9.17) is 21.1 Å². The maximum Gasteiger partial charge on any atom is 0.226 e. The van der Waals surface area contributed by atoms with Crippen LogP contribution in [0.5, 0.6) is 0 Å². The van der Waals surface area contributed by atoms with Gasteiger partial charge in [0.25, 0.3) is 0 Å². The number of imidazole rings is 1. The van der Waals surface area contributed by atoms with Crippen LogP contribution < -0.4 is 4.90 Å². The van der Waals surface area contributed by atoms with Gasteiger partial charge in [-0.2, -0.15) is 9.97 Å². The zero-order valence-electron chi connectivity index (χ0n) is 13.1. The monoisotopic (exact) mass is 337 g/mol. The molecular formula is C15H20ClN5O2. The predicted molar refractivity (Wildman–Crippen MR) is 86.6 cm³/mol. The van der Waals surface area contributed by atoms with Gasteiger partial charge in [-0.3, -0.25) is 4.57 Å². The highest BCUT2D eigenvalue weighted by molar-refractivity contribution is 6.28. The zero-order chi connectivity index (χ0) is 15.8. The third-order valence-corrected chi connectivity index (χ3v) is 4.63. The normalized spacial score (nSPS) is 24.6. The van der Waals surface area contributed by atoms with E-state index in [1.807, 2.05) is 4.57 Å². The number of rotatable bonds is 4. The molecule has 0 spiro atoms. The van der Waals surface area contributed by atoms with E-state index in [1.54, 1.807) is 6.33 Å².